The molecule has 0 aromatic heterocycles. The van der Waals surface area contributed by atoms with Crippen molar-refractivity contribution in [2.75, 3.05) is 0 Å². The lowest BCUT2D eigenvalue weighted by Crippen LogP contribution is -2.01. The number of carboxylic acids is 1. The number of ketones is 1. The number of halogens is 1. The van der Waals surface area contributed by atoms with Gasteiger partial charge in [0, 0.05) is 17.0 Å². The Kier molecular flexibility index (Phi) is 7.42. The van der Waals surface area contributed by atoms with Gasteiger partial charge in [-0.2, -0.15) is 5.26 Å². The van der Waals surface area contributed by atoms with E-state index in [0.717, 1.165) is 18.4 Å². The molecule has 3 aromatic carbocycles. The summed E-state index contributed by atoms with van der Waals surface area (Å²) in [5, 5.41) is 18.9. The van der Waals surface area contributed by atoms with Gasteiger partial charge in [0.1, 0.15) is 17.6 Å². The quantitative estimate of drug-likeness (QED) is 0.428. The number of aliphatic carboxylic acids is 1. The van der Waals surface area contributed by atoms with Crippen LogP contribution in [0.5, 0.6) is 11.5 Å². The van der Waals surface area contributed by atoms with Gasteiger partial charge in [0.05, 0.1) is 12.0 Å². The van der Waals surface area contributed by atoms with Crippen LogP contribution in [0.25, 0.3) is 0 Å². The molecule has 0 heterocycles. The first-order chi connectivity index (χ1) is 14.9. The Balaban J connectivity index is 1.59. The zero-order valence-electron chi connectivity index (χ0n) is 16.7. The van der Waals surface area contributed by atoms with Crippen LogP contribution in [-0.4, -0.2) is 16.9 Å². The molecule has 0 aliphatic heterocycles. The zero-order chi connectivity index (χ0) is 22.2. The van der Waals surface area contributed by atoms with E-state index in [2.05, 4.69) is 0 Å². The monoisotopic (exact) mass is 433 g/mol. The van der Waals surface area contributed by atoms with E-state index in [9.17, 15) is 14.9 Å². The summed E-state index contributed by atoms with van der Waals surface area (Å²) >= 11 is 5.98. The summed E-state index contributed by atoms with van der Waals surface area (Å²) in [5.74, 6) is -0.107. The van der Waals surface area contributed by atoms with Crippen LogP contribution in [0.3, 0.4) is 0 Å². The number of nitrogens with zero attached hydrogens (tertiary/aromatic N) is 1. The van der Waals surface area contributed by atoms with Crippen LogP contribution in [0.4, 0.5) is 0 Å². The van der Waals surface area contributed by atoms with E-state index in [0.29, 0.717) is 34.1 Å². The van der Waals surface area contributed by atoms with Crippen LogP contribution in [0, 0.1) is 11.3 Å². The smallest absolute Gasteiger partial charge is 0.307 e. The number of Topliss-reactive ketones (excluding diaryl/α,β-unsaturated/α-hetero) is 1. The molecule has 0 amide bonds. The molecule has 0 aliphatic rings. The number of carbonyl (C=O) groups excluding carboxylic acids is 1. The summed E-state index contributed by atoms with van der Waals surface area (Å²) in [4.78, 5) is 23.3. The van der Waals surface area contributed by atoms with Crippen LogP contribution < -0.4 is 4.74 Å². The van der Waals surface area contributed by atoms with Gasteiger partial charge in [-0.15, -0.1) is 0 Å². The molecular formula is C25H20ClNO4. The van der Waals surface area contributed by atoms with Crippen molar-refractivity contribution < 1.29 is 19.4 Å². The minimum absolute atomic E-state index is 0.0457. The topological polar surface area (TPSA) is 87.4 Å². The van der Waals surface area contributed by atoms with Gasteiger partial charge in [-0.25, -0.2) is 0 Å². The molecule has 156 valence electrons. The second-order valence-corrected chi connectivity index (χ2v) is 7.48. The SMILES string of the molecule is N#Cc1cc(CC(=O)O)ccc1Oc1ccc(C(=O)CCCc2cccc(Cl)c2)cc1. The lowest BCUT2D eigenvalue weighted by molar-refractivity contribution is -0.136. The van der Waals surface area contributed by atoms with Gasteiger partial charge < -0.3 is 9.84 Å². The Labute approximate surface area is 185 Å². The molecule has 0 atom stereocenters. The average molecular weight is 434 g/mol. The maximum Gasteiger partial charge on any atom is 0.307 e. The molecule has 0 fully saturated rings. The molecule has 0 unspecified atom stereocenters. The van der Waals surface area contributed by atoms with Gasteiger partial charge in [0.25, 0.3) is 0 Å². The van der Waals surface area contributed by atoms with Crippen molar-refractivity contribution in [1.29, 1.82) is 5.26 Å². The summed E-state index contributed by atoms with van der Waals surface area (Å²) in [7, 11) is 0. The molecule has 0 bridgehead atoms. The summed E-state index contributed by atoms with van der Waals surface area (Å²) in [6.45, 7) is 0. The van der Waals surface area contributed by atoms with Crippen LogP contribution >= 0.6 is 11.6 Å². The van der Waals surface area contributed by atoms with Crippen LogP contribution in [0.1, 0.15) is 39.9 Å². The van der Waals surface area contributed by atoms with E-state index in [1.165, 1.54) is 6.07 Å². The molecule has 0 saturated carbocycles. The minimum Gasteiger partial charge on any atom is -0.481 e. The molecule has 0 spiro atoms. The number of hydrogen-bond acceptors (Lipinski definition) is 4. The Bertz CT molecular complexity index is 1130. The first-order valence-corrected chi connectivity index (χ1v) is 10.1. The normalized spacial score (nSPS) is 10.3. The summed E-state index contributed by atoms with van der Waals surface area (Å²) in [6, 6.07) is 21.1. The predicted molar refractivity (Wildman–Crippen MR) is 118 cm³/mol. The van der Waals surface area contributed by atoms with Gasteiger partial charge in [-0.1, -0.05) is 29.8 Å². The largest absolute Gasteiger partial charge is 0.481 e. The van der Waals surface area contributed by atoms with Gasteiger partial charge in [0.2, 0.25) is 0 Å². The van der Waals surface area contributed by atoms with Crippen molar-refractivity contribution in [3.8, 4) is 17.6 Å². The average Bonchev–Trinajstić information content (AvgIpc) is 2.75. The number of nitriles is 1. The summed E-state index contributed by atoms with van der Waals surface area (Å²) < 4.78 is 5.75. The van der Waals surface area contributed by atoms with Crippen LogP contribution in [-0.2, 0) is 17.6 Å². The summed E-state index contributed by atoms with van der Waals surface area (Å²) in [6.07, 6.45) is 1.77. The minimum atomic E-state index is -0.967. The number of ether oxygens (including phenoxy) is 1. The Morgan fingerprint density at radius 3 is 2.45 bits per heavy atom. The van der Waals surface area contributed by atoms with Crippen molar-refractivity contribution in [2.45, 2.75) is 25.7 Å². The highest BCUT2D eigenvalue weighted by atomic mass is 35.5. The van der Waals surface area contributed by atoms with Crippen LogP contribution in [0.15, 0.2) is 66.7 Å². The van der Waals surface area contributed by atoms with Crippen molar-refractivity contribution in [3.63, 3.8) is 0 Å². The Hall–Kier alpha value is -3.62. The molecule has 0 aliphatic carbocycles. The number of carboxylic acid groups (broad SMARTS) is 1. The fraction of sp³-hybridized carbons (Fsp3) is 0.160. The first-order valence-electron chi connectivity index (χ1n) is 9.75. The third kappa shape index (κ3) is 6.43. The maximum atomic E-state index is 12.4. The lowest BCUT2D eigenvalue weighted by atomic mass is 10.0. The van der Waals surface area contributed by atoms with E-state index in [4.69, 9.17) is 21.4 Å². The molecule has 0 saturated heterocycles. The first kappa shape index (κ1) is 22.1. The molecule has 31 heavy (non-hydrogen) atoms. The molecule has 5 nitrogen and oxygen atoms in total. The number of rotatable bonds is 9. The van der Waals surface area contributed by atoms with Crippen LogP contribution in [0.2, 0.25) is 5.02 Å². The van der Waals surface area contributed by atoms with Crippen molar-refractivity contribution >= 4 is 23.4 Å². The highest BCUT2D eigenvalue weighted by Crippen LogP contribution is 2.27. The number of aryl methyl sites for hydroxylation is 1. The van der Waals surface area contributed by atoms with Gasteiger partial charge in [0.15, 0.2) is 5.78 Å². The van der Waals surface area contributed by atoms with E-state index >= 15 is 0 Å². The molecular weight excluding hydrogens is 414 g/mol. The lowest BCUT2D eigenvalue weighted by Gasteiger charge is -2.09. The number of hydrogen-bond donors (Lipinski definition) is 1. The van der Waals surface area contributed by atoms with E-state index in [-0.39, 0.29) is 17.8 Å². The molecule has 0 radical (unpaired) electrons. The van der Waals surface area contributed by atoms with Gasteiger partial charge >= 0.3 is 5.97 Å². The molecule has 6 heteroatoms. The van der Waals surface area contributed by atoms with Gasteiger partial charge in [-0.3, -0.25) is 9.59 Å². The Morgan fingerprint density at radius 2 is 1.77 bits per heavy atom. The predicted octanol–water partition coefficient (Wildman–Crippen LogP) is 5.84. The number of benzene rings is 3. The highest BCUT2D eigenvalue weighted by molar-refractivity contribution is 6.30. The second kappa shape index (κ2) is 10.4. The molecule has 3 rings (SSSR count). The van der Waals surface area contributed by atoms with E-state index in [1.807, 2.05) is 30.3 Å². The molecule has 1 N–H and O–H groups in total. The van der Waals surface area contributed by atoms with E-state index in [1.54, 1.807) is 36.4 Å². The second-order valence-electron chi connectivity index (χ2n) is 7.05. The zero-order valence-corrected chi connectivity index (χ0v) is 17.4. The van der Waals surface area contributed by atoms with Crippen molar-refractivity contribution in [3.05, 3.63) is 94.0 Å². The fourth-order valence-corrected chi connectivity index (χ4v) is 3.38. The molecule has 3 aromatic rings. The standard InChI is InChI=1S/C25H20ClNO4/c26-21-5-1-3-17(14-21)4-2-6-23(28)19-8-10-22(11-9-19)31-24-12-7-18(15-25(29)30)13-20(24)16-27/h1,3,5,7-14H,2,4,6,15H2,(H,29,30). The van der Waals surface area contributed by atoms with Crippen molar-refractivity contribution in [1.82, 2.24) is 0 Å². The summed E-state index contributed by atoms with van der Waals surface area (Å²) in [5.41, 5.74) is 2.47. The highest BCUT2D eigenvalue weighted by Gasteiger charge is 2.10. The van der Waals surface area contributed by atoms with Crippen molar-refractivity contribution in [2.24, 2.45) is 0 Å². The third-order valence-electron chi connectivity index (χ3n) is 4.68. The third-order valence-corrected chi connectivity index (χ3v) is 4.92. The number of carbonyl (C=O) groups is 2. The maximum absolute atomic E-state index is 12.4. The fourth-order valence-electron chi connectivity index (χ4n) is 3.16. The Morgan fingerprint density at radius 1 is 1.00 bits per heavy atom. The van der Waals surface area contributed by atoms with Gasteiger partial charge in [-0.05, 0) is 72.5 Å². The van der Waals surface area contributed by atoms with E-state index < -0.39 is 5.97 Å².